The Morgan fingerprint density at radius 2 is 1.68 bits per heavy atom. The Hall–Kier alpha value is -4.59. The van der Waals surface area contributed by atoms with Crippen LogP contribution in [0.25, 0.3) is 6.08 Å². The van der Waals surface area contributed by atoms with Gasteiger partial charge in [-0.05, 0) is 82.8 Å². The molecule has 1 heterocycles. The van der Waals surface area contributed by atoms with Gasteiger partial charge in [-0.2, -0.15) is 0 Å². The molecule has 12 heteroatoms. The van der Waals surface area contributed by atoms with Gasteiger partial charge in [0.1, 0.15) is 5.57 Å². The lowest BCUT2D eigenvalue weighted by atomic mass is 10.1. The minimum Gasteiger partial charge on any atom is -0.493 e. The molecule has 1 fully saturated rings. The molecular formula is C25H16IN3O8. The SMILES string of the molecule is COc1cc(/C=C2\C(=O)NC(=O)N(c3ccc(I)cc3)C2=O)ccc1OC(=O)c1ccc([N+](=O)[O-])cc1. The van der Waals surface area contributed by atoms with Crippen LogP contribution in [-0.2, 0) is 9.59 Å². The van der Waals surface area contributed by atoms with Crippen molar-refractivity contribution >= 4 is 63.9 Å². The molecule has 3 aromatic rings. The smallest absolute Gasteiger partial charge is 0.343 e. The van der Waals surface area contributed by atoms with Crippen LogP contribution in [0, 0.1) is 13.7 Å². The van der Waals surface area contributed by atoms with Crippen LogP contribution in [0.5, 0.6) is 11.5 Å². The van der Waals surface area contributed by atoms with Gasteiger partial charge in [0.15, 0.2) is 11.5 Å². The quantitative estimate of drug-likeness (QED) is 0.0833. The molecule has 186 valence electrons. The molecule has 0 radical (unpaired) electrons. The van der Waals surface area contributed by atoms with E-state index in [9.17, 15) is 29.3 Å². The Morgan fingerprint density at radius 3 is 2.30 bits per heavy atom. The molecule has 4 rings (SSSR count). The van der Waals surface area contributed by atoms with Crippen molar-refractivity contribution in [2.45, 2.75) is 0 Å². The highest BCUT2D eigenvalue weighted by Crippen LogP contribution is 2.31. The van der Waals surface area contributed by atoms with Gasteiger partial charge in [-0.3, -0.25) is 25.0 Å². The molecule has 1 N–H and O–H groups in total. The Kier molecular flexibility index (Phi) is 7.29. The van der Waals surface area contributed by atoms with Crippen molar-refractivity contribution in [3.63, 3.8) is 0 Å². The number of hydrogen-bond donors (Lipinski definition) is 1. The first-order valence-electron chi connectivity index (χ1n) is 10.5. The molecule has 0 aliphatic carbocycles. The average molecular weight is 613 g/mol. The molecule has 3 aromatic carbocycles. The molecular weight excluding hydrogens is 597 g/mol. The van der Waals surface area contributed by atoms with Gasteiger partial charge >= 0.3 is 12.0 Å². The Labute approximate surface area is 223 Å². The van der Waals surface area contributed by atoms with Crippen molar-refractivity contribution < 1.29 is 33.6 Å². The number of urea groups is 1. The summed E-state index contributed by atoms with van der Waals surface area (Å²) in [6, 6.07) is 15.0. The van der Waals surface area contributed by atoms with Crippen LogP contribution in [0.2, 0.25) is 0 Å². The minimum atomic E-state index is -0.862. The van der Waals surface area contributed by atoms with Gasteiger partial charge in [-0.1, -0.05) is 6.07 Å². The van der Waals surface area contributed by atoms with Crippen LogP contribution in [-0.4, -0.2) is 35.8 Å². The average Bonchev–Trinajstić information content (AvgIpc) is 2.88. The summed E-state index contributed by atoms with van der Waals surface area (Å²) in [5, 5.41) is 12.9. The van der Waals surface area contributed by atoms with Gasteiger partial charge in [-0.15, -0.1) is 0 Å². The Balaban J connectivity index is 1.59. The number of non-ortho nitro benzene ring substituents is 1. The van der Waals surface area contributed by atoms with E-state index in [1.165, 1.54) is 55.7 Å². The summed E-state index contributed by atoms with van der Waals surface area (Å²) < 4.78 is 11.5. The maximum Gasteiger partial charge on any atom is 0.343 e. The van der Waals surface area contributed by atoms with Gasteiger partial charge in [0.25, 0.3) is 17.5 Å². The molecule has 0 atom stereocenters. The monoisotopic (exact) mass is 613 g/mol. The Morgan fingerprint density at radius 1 is 1.00 bits per heavy atom. The summed E-state index contributed by atoms with van der Waals surface area (Å²) in [5.74, 6) is -2.26. The minimum absolute atomic E-state index is 0.0446. The number of benzene rings is 3. The summed E-state index contributed by atoms with van der Waals surface area (Å²) in [6.45, 7) is 0. The number of nitro benzene ring substituents is 1. The number of carbonyl (C=O) groups excluding carboxylic acids is 4. The molecule has 0 saturated carbocycles. The van der Waals surface area contributed by atoms with Crippen molar-refractivity contribution in [2.75, 3.05) is 12.0 Å². The van der Waals surface area contributed by atoms with Crippen molar-refractivity contribution in [3.8, 4) is 11.5 Å². The van der Waals surface area contributed by atoms with Gasteiger partial charge in [0.2, 0.25) is 0 Å². The number of nitrogens with zero attached hydrogens (tertiary/aromatic N) is 2. The third-order valence-electron chi connectivity index (χ3n) is 5.20. The van der Waals surface area contributed by atoms with Crippen molar-refractivity contribution in [1.29, 1.82) is 0 Å². The fourth-order valence-electron chi connectivity index (χ4n) is 3.39. The van der Waals surface area contributed by atoms with Crippen LogP contribution >= 0.6 is 22.6 Å². The molecule has 1 aliphatic rings. The third-order valence-corrected chi connectivity index (χ3v) is 5.92. The lowest BCUT2D eigenvalue weighted by Gasteiger charge is -2.26. The second-order valence-electron chi connectivity index (χ2n) is 7.54. The first kappa shape index (κ1) is 25.5. The lowest BCUT2D eigenvalue weighted by Crippen LogP contribution is -2.54. The molecule has 4 amide bonds. The zero-order valence-electron chi connectivity index (χ0n) is 19.0. The number of imide groups is 2. The highest BCUT2D eigenvalue weighted by atomic mass is 127. The molecule has 0 spiro atoms. The van der Waals surface area contributed by atoms with E-state index in [2.05, 4.69) is 27.9 Å². The highest BCUT2D eigenvalue weighted by Gasteiger charge is 2.36. The predicted molar refractivity (Wildman–Crippen MR) is 139 cm³/mol. The molecule has 11 nitrogen and oxygen atoms in total. The number of esters is 1. The molecule has 0 aromatic heterocycles. The van der Waals surface area contributed by atoms with Crippen LogP contribution in [0.15, 0.2) is 72.3 Å². The van der Waals surface area contributed by atoms with E-state index in [1.807, 2.05) is 0 Å². The normalized spacial score (nSPS) is 14.4. The predicted octanol–water partition coefficient (Wildman–Crippen LogP) is 4.09. The second kappa shape index (κ2) is 10.6. The first-order chi connectivity index (χ1) is 17.7. The maximum atomic E-state index is 13.1. The number of nitro groups is 1. The number of carbonyl (C=O) groups is 4. The largest absolute Gasteiger partial charge is 0.493 e. The molecule has 1 aliphatic heterocycles. The number of methoxy groups -OCH3 is 1. The van der Waals surface area contributed by atoms with Gasteiger partial charge < -0.3 is 9.47 Å². The fourth-order valence-corrected chi connectivity index (χ4v) is 3.74. The third kappa shape index (κ3) is 5.48. The van der Waals surface area contributed by atoms with Gasteiger partial charge in [-0.25, -0.2) is 14.5 Å². The number of nitrogens with one attached hydrogen (secondary N) is 1. The van der Waals surface area contributed by atoms with Crippen LogP contribution in [0.1, 0.15) is 15.9 Å². The van der Waals surface area contributed by atoms with Gasteiger partial charge in [0.05, 0.1) is 23.3 Å². The number of barbiturate groups is 1. The summed E-state index contributed by atoms with van der Waals surface area (Å²) >= 11 is 2.09. The van der Waals surface area contributed by atoms with Gasteiger partial charge in [0, 0.05) is 15.7 Å². The number of hydrogen-bond acceptors (Lipinski definition) is 8. The maximum absolute atomic E-state index is 13.1. The van der Waals surface area contributed by atoms with E-state index in [-0.39, 0.29) is 28.3 Å². The summed E-state index contributed by atoms with van der Waals surface area (Å²) in [7, 11) is 1.34. The number of rotatable bonds is 6. The highest BCUT2D eigenvalue weighted by molar-refractivity contribution is 14.1. The van der Waals surface area contributed by atoms with E-state index in [4.69, 9.17) is 9.47 Å². The first-order valence-corrected chi connectivity index (χ1v) is 11.6. The van der Waals surface area contributed by atoms with Crippen LogP contribution in [0.4, 0.5) is 16.2 Å². The topological polar surface area (TPSA) is 145 Å². The van der Waals surface area contributed by atoms with Crippen LogP contribution < -0.4 is 19.7 Å². The summed E-state index contributed by atoms with van der Waals surface area (Å²) in [4.78, 5) is 61.4. The number of ether oxygens (including phenoxy) is 2. The fraction of sp³-hybridized carbons (Fsp3) is 0.0400. The van der Waals surface area contributed by atoms with E-state index >= 15 is 0 Å². The zero-order chi connectivity index (χ0) is 26.7. The van der Waals surface area contributed by atoms with E-state index in [1.54, 1.807) is 24.3 Å². The van der Waals surface area contributed by atoms with Crippen LogP contribution in [0.3, 0.4) is 0 Å². The molecule has 1 saturated heterocycles. The lowest BCUT2D eigenvalue weighted by molar-refractivity contribution is -0.384. The van der Waals surface area contributed by atoms with Crippen molar-refractivity contribution in [1.82, 2.24) is 5.32 Å². The molecule has 37 heavy (non-hydrogen) atoms. The zero-order valence-corrected chi connectivity index (χ0v) is 21.1. The molecule has 0 bridgehead atoms. The summed E-state index contributed by atoms with van der Waals surface area (Å²) in [5.41, 5.74) is 0.296. The van der Waals surface area contributed by atoms with E-state index < -0.39 is 28.7 Å². The number of anilines is 1. The van der Waals surface area contributed by atoms with Crippen molar-refractivity contribution in [2.24, 2.45) is 0 Å². The number of amides is 4. The second-order valence-corrected chi connectivity index (χ2v) is 8.78. The van der Waals surface area contributed by atoms with E-state index in [0.717, 1.165) is 8.47 Å². The van der Waals surface area contributed by atoms with E-state index in [0.29, 0.717) is 11.3 Å². The number of halogens is 1. The summed E-state index contributed by atoms with van der Waals surface area (Å²) in [6.07, 6.45) is 1.29. The standard InChI is InChI=1S/C25H16IN3O8/c1-36-21-13-14(2-11-20(21)37-24(32)15-3-7-18(8-4-15)29(34)35)12-19-22(30)27-25(33)28(23(19)31)17-9-5-16(26)6-10-17/h2-13H,1H3,(H,27,30,33)/b19-12+. The Bertz CT molecular complexity index is 1470. The molecule has 0 unspecified atom stereocenters. The van der Waals surface area contributed by atoms with Crippen molar-refractivity contribution in [3.05, 3.63) is 97.1 Å².